The van der Waals surface area contributed by atoms with Crippen LogP contribution in [0.15, 0.2) is 18.5 Å². The summed E-state index contributed by atoms with van der Waals surface area (Å²) in [6.07, 6.45) is 13.5. The lowest BCUT2D eigenvalue weighted by molar-refractivity contribution is -0.0619. The number of aliphatic hydroxyl groups excluding tert-OH is 2. The maximum Gasteiger partial charge on any atom is 0.328 e. The summed E-state index contributed by atoms with van der Waals surface area (Å²) >= 11 is 0. The van der Waals surface area contributed by atoms with Gasteiger partial charge in [0, 0.05) is 19.4 Å². The summed E-state index contributed by atoms with van der Waals surface area (Å²) in [5.41, 5.74) is 4.42. The zero-order valence-corrected chi connectivity index (χ0v) is 28.2. The summed E-state index contributed by atoms with van der Waals surface area (Å²) in [6.45, 7) is 3.59. The first kappa shape index (κ1) is 38.3. The van der Waals surface area contributed by atoms with Gasteiger partial charge < -0.3 is 39.6 Å². The smallest absolute Gasteiger partial charge is 0.328 e. The summed E-state index contributed by atoms with van der Waals surface area (Å²) in [6, 6.07) is 5.01. The van der Waals surface area contributed by atoms with Gasteiger partial charge in [-0.05, 0) is 31.4 Å². The van der Waals surface area contributed by atoms with E-state index in [0.29, 0.717) is 25.3 Å². The van der Waals surface area contributed by atoms with Crippen LogP contribution in [0.4, 0.5) is 5.82 Å². The Bertz CT molecular complexity index is 1240. The summed E-state index contributed by atoms with van der Waals surface area (Å²) < 4.78 is 36.1. The van der Waals surface area contributed by atoms with Crippen LogP contribution < -0.4 is 5.73 Å². The Balaban J connectivity index is 1.21. The van der Waals surface area contributed by atoms with E-state index in [-0.39, 0.29) is 17.7 Å². The molecule has 14 heteroatoms. The van der Waals surface area contributed by atoms with E-state index in [9.17, 15) is 24.9 Å². The number of fused-ring (bicyclic) bond motifs is 1. The molecule has 0 saturated carbocycles. The third-order valence-electron chi connectivity index (χ3n) is 8.47. The molecule has 46 heavy (non-hydrogen) atoms. The number of nitriles is 1. The van der Waals surface area contributed by atoms with Crippen LogP contribution in [-0.4, -0.2) is 80.8 Å². The van der Waals surface area contributed by atoms with E-state index in [2.05, 4.69) is 17.0 Å². The van der Waals surface area contributed by atoms with Gasteiger partial charge in [0.25, 0.3) is 0 Å². The largest absolute Gasteiger partial charge is 0.387 e. The van der Waals surface area contributed by atoms with Crippen LogP contribution in [0.5, 0.6) is 0 Å². The lowest BCUT2D eigenvalue weighted by atomic mass is 9.92. The molecule has 1 saturated heterocycles. The molecule has 3 rings (SSSR count). The number of hydrogen-bond donors (Lipinski definition) is 4. The molecule has 260 valence electrons. The fourth-order valence-corrected chi connectivity index (χ4v) is 6.85. The van der Waals surface area contributed by atoms with Crippen LogP contribution in [0.3, 0.4) is 0 Å². The molecule has 1 fully saturated rings. The highest BCUT2D eigenvalue weighted by Gasteiger charge is 2.57. The second-order valence-electron chi connectivity index (χ2n) is 12.1. The number of hydrogen-bond acceptors (Lipinski definition) is 11. The van der Waals surface area contributed by atoms with Crippen LogP contribution in [0.2, 0.25) is 0 Å². The van der Waals surface area contributed by atoms with Crippen molar-refractivity contribution in [1.29, 1.82) is 5.26 Å². The van der Waals surface area contributed by atoms with Gasteiger partial charge in [-0.2, -0.15) is 10.4 Å². The average Bonchev–Trinajstić information content (AvgIpc) is 3.59. The third-order valence-corrected chi connectivity index (χ3v) is 9.90. The van der Waals surface area contributed by atoms with Gasteiger partial charge in [-0.15, -0.1) is 0 Å². The maximum atomic E-state index is 12.6. The van der Waals surface area contributed by atoms with Crippen LogP contribution in [0.1, 0.15) is 109 Å². The van der Waals surface area contributed by atoms with Crippen LogP contribution in [0.25, 0.3) is 5.52 Å². The van der Waals surface area contributed by atoms with Crippen molar-refractivity contribution in [1.82, 2.24) is 14.6 Å². The summed E-state index contributed by atoms with van der Waals surface area (Å²) in [5.74, 6) is 0.165. The van der Waals surface area contributed by atoms with E-state index in [1.807, 2.05) is 6.07 Å². The molecule has 13 nitrogen and oxygen atoms in total. The molecule has 0 bridgehead atoms. The number of nitrogen functional groups attached to an aromatic ring is 1. The summed E-state index contributed by atoms with van der Waals surface area (Å²) in [4.78, 5) is 14.2. The van der Waals surface area contributed by atoms with Crippen LogP contribution in [0, 0.1) is 11.3 Å². The Hall–Kier alpha value is -2.14. The average molecular weight is 668 g/mol. The molecule has 3 heterocycles. The number of nitrogens with zero attached hydrogens (tertiary/aromatic N) is 4. The van der Waals surface area contributed by atoms with Crippen molar-refractivity contribution in [2.24, 2.45) is 0 Å². The third kappa shape index (κ3) is 11.5. The molecule has 5 atom stereocenters. The minimum absolute atomic E-state index is 0.0336. The molecule has 2 aromatic heterocycles. The standard InChI is InChI=1S/C32H54N5O8P/c1-2-3-4-5-6-8-11-14-19-42-25-43-20-15-12-9-7-10-13-16-21-46(40,41)44-22-27-29(38)30(39)32(23-33,45-27)28-18-17-26-31(34)35-24-36-37(26)28/h17-18,24,27,29-30,38-39H,2-16,19-22,25H2,1H3,(H,40,41)(H2,34,35,36)/t27-,29+,30?,32+/m1/s1. The first-order chi connectivity index (χ1) is 22.3. The zero-order valence-electron chi connectivity index (χ0n) is 27.3. The zero-order chi connectivity index (χ0) is 33.3. The Labute approximate surface area is 272 Å². The number of rotatable bonds is 25. The van der Waals surface area contributed by atoms with Crippen molar-refractivity contribution in [3.8, 4) is 6.07 Å². The molecule has 0 amide bonds. The molecule has 1 aliphatic heterocycles. The first-order valence-electron chi connectivity index (χ1n) is 16.9. The second kappa shape index (κ2) is 20.3. The van der Waals surface area contributed by atoms with Gasteiger partial charge in [0.1, 0.15) is 43.0 Å². The second-order valence-corrected chi connectivity index (χ2v) is 14.1. The molecule has 0 radical (unpaired) electrons. The van der Waals surface area contributed by atoms with Crippen molar-refractivity contribution in [3.63, 3.8) is 0 Å². The van der Waals surface area contributed by atoms with Crippen molar-refractivity contribution in [2.45, 2.75) is 127 Å². The van der Waals surface area contributed by atoms with Crippen LogP contribution >= 0.6 is 7.60 Å². The van der Waals surface area contributed by atoms with E-state index in [4.69, 9.17) is 24.5 Å². The number of aliphatic hydroxyl groups is 2. The Morgan fingerprint density at radius 1 is 0.978 bits per heavy atom. The van der Waals surface area contributed by atoms with E-state index in [0.717, 1.165) is 51.6 Å². The minimum Gasteiger partial charge on any atom is -0.387 e. The fraction of sp³-hybridized carbons (Fsp3) is 0.781. The Morgan fingerprint density at radius 2 is 1.57 bits per heavy atom. The lowest BCUT2D eigenvalue weighted by Gasteiger charge is -2.24. The number of ether oxygens (including phenoxy) is 3. The van der Waals surface area contributed by atoms with Gasteiger partial charge in [-0.3, -0.25) is 4.57 Å². The molecule has 2 aromatic rings. The van der Waals surface area contributed by atoms with E-state index in [1.165, 1.54) is 61.9 Å². The summed E-state index contributed by atoms with van der Waals surface area (Å²) in [5, 5.41) is 35.5. The number of aromatic nitrogens is 3. The minimum atomic E-state index is -3.97. The monoisotopic (exact) mass is 667 g/mol. The van der Waals surface area contributed by atoms with Crippen molar-refractivity contribution in [2.75, 3.05) is 38.5 Å². The van der Waals surface area contributed by atoms with E-state index < -0.39 is 38.1 Å². The highest BCUT2D eigenvalue weighted by molar-refractivity contribution is 7.52. The molecule has 1 aliphatic rings. The SMILES string of the molecule is CCCCCCCCCCOCOCCCCCCCCCP(=O)(O)OC[C@H]1O[C@@](C#N)(c2ccc3c(N)ncnn23)C(O)[C@H]1O. The number of anilines is 1. The molecule has 0 aromatic carbocycles. The van der Waals surface area contributed by atoms with Crippen molar-refractivity contribution < 1.29 is 38.4 Å². The fourth-order valence-electron chi connectivity index (χ4n) is 5.72. The molecule has 2 unspecified atom stereocenters. The van der Waals surface area contributed by atoms with Crippen LogP contribution in [-0.2, 0) is 28.9 Å². The molecule has 5 N–H and O–H groups in total. The normalized spacial score (nSPS) is 22.7. The van der Waals surface area contributed by atoms with Gasteiger partial charge in [0.15, 0.2) is 5.82 Å². The van der Waals surface area contributed by atoms with Gasteiger partial charge in [-0.1, -0.05) is 84.0 Å². The molecule has 0 spiro atoms. The van der Waals surface area contributed by atoms with Crippen molar-refractivity contribution >= 4 is 18.9 Å². The first-order valence-corrected chi connectivity index (χ1v) is 18.7. The molecule has 0 aliphatic carbocycles. The topological polar surface area (TPSA) is 195 Å². The summed E-state index contributed by atoms with van der Waals surface area (Å²) in [7, 11) is -3.97. The predicted octanol–water partition coefficient (Wildman–Crippen LogP) is 5.22. The maximum absolute atomic E-state index is 12.6. The quantitative estimate of drug-likeness (QED) is 0.0614. The van der Waals surface area contributed by atoms with E-state index in [1.54, 1.807) is 6.07 Å². The van der Waals surface area contributed by atoms with Crippen molar-refractivity contribution in [3.05, 3.63) is 24.2 Å². The molecular formula is C32H54N5O8P. The lowest BCUT2D eigenvalue weighted by Crippen LogP contribution is -2.41. The Morgan fingerprint density at radius 3 is 2.17 bits per heavy atom. The predicted molar refractivity (Wildman–Crippen MR) is 174 cm³/mol. The van der Waals surface area contributed by atoms with Gasteiger partial charge in [0.2, 0.25) is 5.60 Å². The highest BCUT2D eigenvalue weighted by Crippen LogP contribution is 2.46. The molecular weight excluding hydrogens is 613 g/mol. The Kier molecular flexibility index (Phi) is 16.9. The van der Waals surface area contributed by atoms with Gasteiger partial charge in [0.05, 0.1) is 12.3 Å². The highest BCUT2D eigenvalue weighted by atomic mass is 31.2. The van der Waals surface area contributed by atoms with Gasteiger partial charge in [-0.25, -0.2) is 9.50 Å². The van der Waals surface area contributed by atoms with Gasteiger partial charge >= 0.3 is 7.60 Å². The number of nitrogens with two attached hydrogens (primary N) is 1. The van der Waals surface area contributed by atoms with E-state index >= 15 is 0 Å². The number of unbranched alkanes of at least 4 members (excludes halogenated alkanes) is 13.